The molecule has 1 aliphatic heterocycles. The molecule has 0 aliphatic carbocycles. The first kappa shape index (κ1) is 21.7. The third kappa shape index (κ3) is 5.55. The van der Waals surface area contributed by atoms with Crippen LogP contribution in [-0.2, 0) is 11.2 Å². The van der Waals surface area contributed by atoms with E-state index in [4.69, 9.17) is 13.9 Å². The van der Waals surface area contributed by atoms with Crippen molar-refractivity contribution in [1.82, 2.24) is 10.2 Å². The van der Waals surface area contributed by atoms with Gasteiger partial charge in [-0.05, 0) is 61.9 Å². The molecule has 2 amide bonds. The van der Waals surface area contributed by atoms with Crippen molar-refractivity contribution < 1.29 is 23.5 Å². The third-order valence-electron chi connectivity index (χ3n) is 5.53. The zero-order chi connectivity index (χ0) is 21.3. The minimum absolute atomic E-state index is 0.0896. The summed E-state index contributed by atoms with van der Waals surface area (Å²) in [6, 6.07) is 9.45. The predicted octanol–water partition coefficient (Wildman–Crippen LogP) is 3.43. The smallest absolute Gasteiger partial charge is 0.286 e. The van der Waals surface area contributed by atoms with Crippen LogP contribution < -0.4 is 14.8 Å². The van der Waals surface area contributed by atoms with E-state index in [2.05, 4.69) is 5.32 Å². The van der Waals surface area contributed by atoms with Gasteiger partial charge < -0.3 is 24.1 Å². The largest absolute Gasteiger partial charge is 0.493 e. The minimum Gasteiger partial charge on any atom is -0.493 e. The van der Waals surface area contributed by atoms with Gasteiger partial charge in [0.15, 0.2) is 17.3 Å². The fourth-order valence-electron chi connectivity index (χ4n) is 3.92. The Hall–Kier alpha value is -2.96. The van der Waals surface area contributed by atoms with Crippen molar-refractivity contribution in [1.29, 1.82) is 0 Å². The van der Waals surface area contributed by atoms with Crippen LogP contribution in [-0.4, -0.2) is 50.1 Å². The monoisotopic (exact) mass is 414 g/mol. The van der Waals surface area contributed by atoms with E-state index in [1.807, 2.05) is 23.1 Å². The van der Waals surface area contributed by atoms with Crippen LogP contribution in [0.2, 0.25) is 0 Å². The lowest BCUT2D eigenvalue weighted by atomic mass is 9.95. The second-order valence-electron chi connectivity index (χ2n) is 7.45. The second-order valence-corrected chi connectivity index (χ2v) is 7.45. The van der Waals surface area contributed by atoms with Crippen LogP contribution in [0.4, 0.5) is 0 Å². The van der Waals surface area contributed by atoms with Crippen molar-refractivity contribution in [2.45, 2.75) is 44.6 Å². The summed E-state index contributed by atoms with van der Waals surface area (Å²) >= 11 is 0. The second kappa shape index (κ2) is 10.7. The summed E-state index contributed by atoms with van der Waals surface area (Å²) in [5.41, 5.74) is 1.16. The topological polar surface area (TPSA) is 81.0 Å². The number of likely N-dealkylation sites (tertiary alicyclic amines) is 1. The van der Waals surface area contributed by atoms with Crippen molar-refractivity contribution in [2.24, 2.45) is 0 Å². The van der Waals surface area contributed by atoms with Gasteiger partial charge in [0.05, 0.1) is 20.5 Å². The Morgan fingerprint density at radius 1 is 1.17 bits per heavy atom. The van der Waals surface area contributed by atoms with Gasteiger partial charge in [-0.1, -0.05) is 6.07 Å². The highest BCUT2D eigenvalue weighted by Crippen LogP contribution is 2.29. The maximum absolute atomic E-state index is 12.8. The molecule has 3 rings (SSSR count). The molecule has 1 saturated heterocycles. The summed E-state index contributed by atoms with van der Waals surface area (Å²) in [4.78, 5) is 26.7. The van der Waals surface area contributed by atoms with Gasteiger partial charge in [-0.25, -0.2) is 0 Å². The standard InChI is InChI=1S/C23H30N2O5/c1-28-19-11-9-17(16-21(19)29-2)8-10-18-6-3-4-14-25(18)22(26)12-13-24-23(27)20-7-5-15-30-20/h5,7,9,11,15-16,18H,3-4,6,8,10,12-14H2,1-2H3,(H,24,27). The third-order valence-corrected chi connectivity index (χ3v) is 5.53. The molecule has 1 aliphatic rings. The number of carbonyl (C=O) groups excluding carboxylic acids is 2. The lowest BCUT2D eigenvalue weighted by Crippen LogP contribution is -2.45. The van der Waals surface area contributed by atoms with E-state index < -0.39 is 0 Å². The van der Waals surface area contributed by atoms with E-state index in [0.717, 1.165) is 50.0 Å². The first-order valence-corrected chi connectivity index (χ1v) is 10.4. The van der Waals surface area contributed by atoms with E-state index in [0.29, 0.717) is 18.7 Å². The number of nitrogens with one attached hydrogen (secondary N) is 1. The molecule has 1 atom stereocenters. The number of benzene rings is 1. The van der Waals surface area contributed by atoms with Crippen LogP contribution in [0.5, 0.6) is 11.5 Å². The van der Waals surface area contributed by atoms with Crippen LogP contribution in [0.3, 0.4) is 0 Å². The fourth-order valence-corrected chi connectivity index (χ4v) is 3.92. The van der Waals surface area contributed by atoms with Crippen LogP contribution in [0, 0.1) is 0 Å². The molecule has 2 aromatic rings. The molecule has 7 nitrogen and oxygen atoms in total. The molecular formula is C23H30N2O5. The van der Waals surface area contributed by atoms with Gasteiger partial charge in [0.2, 0.25) is 5.91 Å². The Balaban J connectivity index is 1.51. The number of ether oxygens (including phenoxy) is 2. The molecule has 7 heteroatoms. The molecule has 1 aromatic heterocycles. The summed E-state index contributed by atoms with van der Waals surface area (Å²) < 4.78 is 15.8. The Morgan fingerprint density at radius 3 is 2.73 bits per heavy atom. The number of nitrogens with zero attached hydrogens (tertiary/aromatic N) is 1. The van der Waals surface area contributed by atoms with Crippen molar-refractivity contribution in [2.75, 3.05) is 27.3 Å². The van der Waals surface area contributed by atoms with E-state index >= 15 is 0 Å². The first-order valence-electron chi connectivity index (χ1n) is 10.4. The van der Waals surface area contributed by atoms with E-state index in [9.17, 15) is 9.59 Å². The van der Waals surface area contributed by atoms with Crippen LogP contribution in [0.15, 0.2) is 41.0 Å². The number of hydrogen-bond donors (Lipinski definition) is 1. The Morgan fingerprint density at radius 2 is 2.00 bits per heavy atom. The summed E-state index contributed by atoms with van der Waals surface area (Å²) in [6.07, 6.45) is 6.69. The number of methoxy groups -OCH3 is 2. The summed E-state index contributed by atoms with van der Waals surface area (Å²) in [7, 11) is 3.26. The Labute approximate surface area is 177 Å². The van der Waals surface area contributed by atoms with Gasteiger partial charge in [-0.3, -0.25) is 9.59 Å². The quantitative estimate of drug-likeness (QED) is 0.680. The van der Waals surface area contributed by atoms with Crippen molar-refractivity contribution >= 4 is 11.8 Å². The number of furan rings is 1. The minimum atomic E-state index is -0.295. The molecule has 0 radical (unpaired) electrons. The number of hydrogen-bond acceptors (Lipinski definition) is 5. The lowest BCUT2D eigenvalue weighted by molar-refractivity contribution is -0.134. The maximum Gasteiger partial charge on any atom is 0.286 e. The molecule has 162 valence electrons. The normalized spacial score (nSPS) is 16.2. The molecular weight excluding hydrogens is 384 g/mol. The SMILES string of the molecule is COc1ccc(CCC2CCCCN2C(=O)CCNC(=O)c2ccco2)cc1OC. The van der Waals surface area contributed by atoms with Gasteiger partial charge in [-0.15, -0.1) is 0 Å². The highest BCUT2D eigenvalue weighted by atomic mass is 16.5. The first-order chi connectivity index (χ1) is 14.6. The summed E-state index contributed by atoms with van der Waals surface area (Å²) in [5, 5.41) is 2.75. The highest BCUT2D eigenvalue weighted by molar-refractivity contribution is 5.91. The molecule has 2 heterocycles. The van der Waals surface area contributed by atoms with Gasteiger partial charge in [-0.2, -0.15) is 0 Å². The Kier molecular flexibility index (Phi) is 7.76. The van der Waals surface area contributed by atoms with Crippen LogP contribution >= 0.6 is 0 Å². The number of carbonyl (C=O) groups is 2. The summed E-state index contributed by atoms with van der Waals surface area (Å²) in [6.45, 7) is 1.08. The Bertz CT molecular complexity index is 834. The molecule has 1 fully saturated rings. The van der Waals surface area contributed by atoms with Crippen LogP contribution in [0.25, 0.3) is 0 Å². The van der Waals surface area contributed by atoms with Gasteiger partial charge in [0, 0.05) is 25.6 Å². The van der Waals surface area contributed by atoms with E-state index in [1.165, 1.54) is 6.26 Å². The van der Waals surface area contributed by atoms with E-state index in [1.54, 1.807) is 26.4 Å². The highest BCUT2D eigenvalue weighted by Gasteiger charge is 2.26. The van der Waals surface area contributed by atoms with Crippen molar-refractivity contribution in [3.05, 3.63) is 47.9 Å². The molecule has 30 heavy (non-hydrogen) atoms. The molecule has 0 saturated carbocycles. The lowest BCUT2D eigenvalue weighted by Gasteiger charge is -2.36. The predicted molar refractivity (Wildman–Crippen MR) is 113 cm³/mol. The van der Waals surface area contributed by atoms with Gasteiger partial charge in [0.25, 0.3) is 5.91 Å². The summed E-state index contributed by atoms with van der Waals surface area (Å²) in [5.74, 6) is 1.49. The zero-order valence-electron chi connectivity index (χ0n) is 17.7. The average molecular weight is 415 g/mol. The number of rotatable bonds is 9. The van der Waals surface area contributed by atoms with Gasteiger partial charge >= 0.3 is 0 Å². The van der Waals surface area contributed by atoms with Crippen LogP contribution in [0.1, 0.15) is 48.2 Å². The van der Waals surface area contributed by atoms with Gasteiger partial charge in [0.1, 0.15) is 0 Å². The molecule has 1 N–H and O–H groups in total. The van der Waals surface area contributed by atoms with Crippen molar-refractivity contribution in [3.63, 3.8) is 0 Å². The fraction of sp³-hybridized carbons (Fsp3) is 0.478. The van der Waals surface area contributed by atoms with Crippen molar-refractivity contribution in [3.8, 4) is 11.5 Å². The molecule has 0 bridgehead atoms. The number of amides is 2. The average Bonchev–Trinajstić information content (AvgIpc) is 3.32. The zero-order valence-corrected chi connectivity index (χ0v) is 17.7. The molecule has 1 aromatic carbocycles. The van der Waals surface area contributed by atoms with E-state index in [-0.39, 0.29) is 23.6 Å². The number of aryl methyl sites for hydroxylation is 1. The molecule has 0 spiro atoms. The number of piperidine rings is 1. The maximum atomic E-state index is 12.8. The molecule has 1 unspecified atom stereocenters.